The van der Waals surface area contributed by atoms with Gasteiger partial charge < -0.3 is 9.32 Å². The second-order valence-electron chi connectivity index (χ2n) is 6.41. The predicted octanol–water partition coefficient (Wildman–Crippen LogP) is 4.63. The number of carbonyl (C=O) groups is 1. The van der Waals surface area contributed by atoms with E-state index < -0.39 is 4.92 Å². The van der Waals surface area contributed by atoms with Crippen molar-refractivity contribution in [2.24, 2.45) is 0 Å². The van der Waals surface area contributed by atoms with Gasteiger partial charge in [-0.1, -0.05) is 11.6 Å². The summed E-state index contributed by atoms with van der Waals surface area (Å²) in [6.07, 6.45) is 1.96. The molecule has 0 atom stereocenters. The van der Waals surface area contributed by atoms with Crippen molar-refractivity contribution >= 4 is 23.2 Å². The molecule has 0 aliphatic rings. The van der Waals surface area contributed by atoms with Crippen LogP contribution in [0.3, 0.4) is 0 Å². The molecule has 0 saturated carbocycles. The molecule has 3 aromatic rings. The quantitative estimate of drug-likeness (QED) is 0.413. The Morgan fingerprint density at radius 1 is 1.28 bits per heavy atom. The molecule has 0 aliphatic carbocycles. The number of hydrogen-bond acceptors (Lipinski definition) is 5. The van der Waals surface area contributed by atoms with E-state index in [1.807, 2.05) is 0 Å². The molecule has 1 amide bonds. The molecule has 0 saturated heterocycles. The number of rotatable bonds is 7. The van der Waals surface area contributed by atoms with Crippen LogP contribution in [-0.2, 0) is 17.8 Å². The van der Waals surface area contributed by atoms with Gasteiger partial charge in [-0.2, -0.15) is 0 Å². The maximum Gasteiger partial charge on any atom is 0.269 e. The van der Waals surface area contributed by atoms with E-state index in [1.54, 1.807) is 19.2 Å². The Kier molecular flexibility index (Phi) is 6.23. The molecule has 2 aromatic carbocycles. The van der Waals surface area contributed by atoms with Gasteiger partial charge in [-0.15, -0.1) is 0 Å². The van der Waals surface area contributed by atoms with Crippen LogP contribution in [0.25, 0.3) is 11.3 Å². The fourth-order valence-corrected chi connectivity index (χ4v) is 2.90. The molecule has 3 rings (SSSR count). The third kappa shape index (κ3) is 5.17. The third-order valence-electron chi connectivity index (χ3n) is 4.31. The molecule has 7 nitrogen and oxygen atoms in total. The highest BCUT2D eigenvalue weighted by molar-refractivity contribution is 6.31. The van der Waals surface area contributed by atoms with Gasteiger partial charge in [0.1, 0.15) is 5.82 Å². The third-order valence-corrected chi connectivity index (χ3v) is 4.68. The smallest absolute Gasteiger partial charge is 0.269 e. The number of nitrogens with zero attached hydrogens (tertiary/aromatic N) is 3. The lowest BCUT2D eigenvalue weighted by atomic mass is 10.2. The lowest BCUT2D eigenvalue weighted by Gasteiger charge is -2.17. The lowest BCUT2D eigenvalue weighted by Crippen LogP contribution is -2.26. The number of non-ortho nitro benzene ring substituents is 1. The maximum absolute atomic E-state index is 13.0. The first-order chi connectivity index (χ1) is 13.8. The van der Waals surface area contributed by atoms with Gasteiger partial charge in [0.2, 0.25) is 5.91 Å². The minimum Gasteiger partial charge on any atom is -0.441 e. The fourth-order valence-electron chi connectivity index (χ4n) is 2.72. The zero-order valence-corrected chi connectivity index (χ0v) is 16.2. The molecule has 0 N–H and O–H groups in total. The van der Waals surface area contributed by atoms with Gasteiger partial charge in [0.05, 0.1) is 11.1 Å². The number of aryl methyl sites for hydroxylation is 1. The largest absolute Gasteiger partial charge is 0.441 e. The van der Waals surface area contributed by atoms with Crippen LogP contribution in [0.5, 0.6) is 0 Å². The molecule has 0 bridgehead atoms. The van der Waals surface area contributed by atoms with Crippen molar-refractivity contribution in [2.75, 3.05) is 7.05 Å². The van der Waals surface area contributed by atoms with Crippen molar-refractivity contribution in [3.63, 3.8) is 0 Å². The molecular weight excluding hydrogens is 401 g/mol. The van der Waals surface area contributed by atoms with E-state index >= 15 is 0 Å². The minimum atomic E-state index is -0.511. The van der Waals surface area contributed by atoms with Gasteiger partial charge in [-0.25, -0.2) is 9.37 Å². The van der Waals surface area contributed by atoms with Crippen LogP contribution in [0.15, 0.2) is 53.1 Å². The first-order valence-electron chi connectivity index (χ1n) is 8.71. The summed E-state index contributed by atoms with van der Waals surface area (Å²) in [7, 11) is 1.59. The Labute approximate surface area is 170 Å². The zero-order valence-electron chi connectivity index (χ0n) is 15.5. The molecule has 0 unspecified atom stereocenters. The summed E-state index contributed by atoms with van der Waals surface area (Å²) in [5, 5.41) is 11.3. The van der Waals surface area contributed by atoms with Crippen molar-refractivity contribution in [3.05, 3.63) is 81.1 Å². The molecule has 0 radical (unpaired) electrons. The van der Waals surface area contributed by atoms with E-state index in [-0.39, 0.29) is 36.8 Å². The van der Waals surface area contributed by atoms with Crippen LogP contribution in [0.2, 0.25) is 5.02 Å². The first-order valence-corrected chi connectivity index (χ1v) is 9.08. The summed E-state index contributed by atoms with van der Waals surface area (Å²) < 4.78 is 18.6. The maximum atomic E-state index is 13.0. The van der Waals surface area contributed by atoms with Crippen LogP contribution in [0.1, 0.15) is 17.9 Å². The monoisotopic (exact) mass is 417 g/mol. The SMILES string of the molecule is CN(Cc1cc([N+](=O)[O-])ccc1Cl)C(=O)CCc1ncc(-c2ccc(F)cc2)o1. The standard InChI is InChI=1S/C20H17ClFN3O4/c1-24(12-14-10-16(25(27)28)6-7-17(14)21)20(26)9-8-19-23-11-18(29-19)13-2-4-15(22)5-3-13/h2-7,10-11H,8-9,12H2,1H3. The van der Waals surface area contributed by atoms with Gasteiger partial charge in [-0.05, 0) is 35.9 Å². The van der Waals surface area contributed by atoms with Crippen LogP contribution in [0.4, 0.5) is 10.1 Å². The molecule has 9 heteroatoms. The van der Waals surface area contributed by atoms with E-state index in [1.165, 1.54) is 41.4 Å². The van der Waals surface area contributed by atoms with E-state index in [2.05, 4.69) is 4.98 Å². The number of carbonyl (C=O) groups excluding carboxylic acids is 1. The first kappa shape index (κ1) is 20.5. The molecule has 0 aliphatic heterocycles. The lowest BCUT2D eigenvalue weighted by molar-refractivity contribution is -0.384. The van der Waals surface area contributed by atoms with E-state index in [9.17, 15) is 19.3 Å². The van der Waals surface area contributed by atoms with Gasteiger partial charge in [0.15, 0.2) is 11.7 Å². The van der Waals surface area contributed by atoms with E-state index in [0.717, 1.165) is 0 Å². The molecular formula is C20H17ClFN3O4. The van der Waals surface area contributed by atoms with Crippen LogP contribution in [-0.4, -0.2) is 27.8 Å². The number of nitro benzene ring substituents is 1. The second-order valence-corrected chi connectivity index (χ2v) is 6.81. The number of amides is 1. The fraction of sp³-hybridized carbons (Fsp3) is 0.200. The number of aromatic nitrogens is 1. The topological polar surface area (TPSA) is 89.5 Å². The number of nitro groups is 1. The summed E-state index contributed by atoms with van der Waals surface area (Å²) in [5.41, 5.74) is 1.10. The predicted molar refractivity (Wildman–Crippen MR) is 105 cm³/mol. The molecule has 29 heavy (non-hydrogen) atoms. The molecule has 0 spiro atoms. The highest BCUT2D eigenvalue weighted by atomic mass is 35.5. The number of oxazole rings is 1. The molecule has 1 heterocycles. The normalized spacial score (nSPS) is 10.7. The van der Waals surface area contributed by atoms with Gasteiger partial charge >= 0.3 is 0 Å². The number of hydrogen-bond donors (Lipinski definition) is 0. The van der Waals surface area contributed by atoms with Crippen LogP contribution < -0.4 is 0 Å². The zero-order chi connectivity index (χ0) is 21.0. The van der Waals surface area contributed by atoms with Crippen molar-refractivity contribution in [3.8, 4) is 11.3 Å². The van der Waals surface area contributed by atoms with Crippen molar-refractivity contribution < 1.29 is 18.5 Å². The highest BCUT2D eigenvalue weighted by Gasteiger charge is 2.16. The number of benzene rings is 2. The Hall–Kier alpha value is -3.26. The van der Waals surface area contributed by atoms with E-state index in [4.69, 9.17) is 16.0 Å². The summed E-state index contributed by atoms with van der Waals surface area (Å²) in [6, 6.07) is 9.94. The highest BCUT2D eigenvalue weighted by Crippen LogP contribution is 2.24. The summed E-state index contributed by atoms with van der Waals surface area (Å²) >= 11 is 6.08. The van der Waals surface area contributed by atoms with Gasteiger partial charge in [0, 0.05) is 49.2 Å². The van der Waals surface area contributed by atoms with Crippen molar-refractivity contribution in [1.29, 1.82) is 0 Å². The molecule has 1 aromatic heterocycles. The van der Waals surface area contributed by atoms with Crippen LogP contribution >= 0.6 is 11.6 Å². The summed E-state index contributed by atoms with van der Waals surface area (Å²) in [5.74, 6) is 0.351. The second kappa shape index (κ2) is 8.83. The Balaban J connectivity index is 1.59. The molecule has 0 fully saturated rings. The Bertz CT molecular complexity index is 1040. The van der Waals surface area contributed by atoms with Crippen molar-refractivity contribution in [1.82, 2.24) is 9.88 Å². The Morgan fingerprint density at radius 2 is 2.00 bits per heavy atom. The molecule has 150 valence electrons. The summed E-state index contributed by atoms with van der Waals surface area (Å²) in [4.78, 5) is 28.4. The van der Waals surface area contributed by atoms with Crippen molar-refractivity contribution in [2.45, 2.75) is 19.4 Å². The number of halogens is 2. The average molecular weight is 418 g/mol. The average Bonchev–Trinajstić information content (AvgIpc) is 3.17. The minimum absolute atomic E-state index is 0.0849. The van der Waals surface area contributed by atoms with Gasteiger partial charge in [0.25, 0.3) is 5.69 Å². The van der Waals surface area contributed by atoms with Crippen LogP contribution in [0, 0.1) is 15.9 Å². The summed E-state index contributed by atoms with van der Waals surface area (Å²) in [6.45, 7) is 0.145. The Morgan fingerprint density at radius 3 is 2.69 bits per heavy atom. The van der Waals surface area contributed by atoms with E-state index in [0.29, 0.717) is 27.8 Å². The van der Waals surface area contributed by atoms with Gasteiger partial charge in [-0.3, -0.25) is 14.9 Å².